The van der Waals surface area contributed by atoms with Gasteiger partial charge in [-0.15, -0.1) is 0 Å². The van der Waals surface area contributed by atoms with Gasteiger partial charge in [0, 0.05) is 30.0 Å². The van der Waals surface area contributed by atoms with Crippen LogP contribution in [0.3, 0.4) is 0 Å². The SMILES string of the molecule is CCNc1cc(C)ncc1C(=O)NCc1cccc(Cl)c1. The smallest absolute Gasteiger partial charge is 0.255 e. The monoisotopic (exact) mass is 303 g/mol. The first-order chi connectivity index (χ1) is 10.1. The number of nitrogens with zero attached hydrogens (tertiary/aromatic N) is 1. The summed E-state index contributed by atoms with van der Waals surface area (Å²) in [5.41, 5.74) is 3.18. The van der Waals surface area contributed by atoms with Crippen molar-refractivity contribution in [2.75, 3.05) is 11.9 Å². The maximum Gasteiger partial charge on any atom is 0.255 e. The molecule has 4 nitrogen and oxygen atoms in total. The van der Waals surface area contributed by atoms with Gasteiger partial charge in [0.25, 0.3) is 5.91 Å². The standard InChI is InChI=1S/C16H18ClN3O/c1-3-18-15-7-11(2)19-10-14(15)16(21)20-9-12-5-4-6-13(17)8-12/h4-8,10H,3,9H2,1-2H3,(H,18,19)(H,20,21). The van der Waals surface area contributed by atoms with Crippen molar-refractivity contribution in [3.8, 4) is 0 Å². The lowest BCUT2D eigenvalue weighted by molar-refractivity contribution is 0.0951. The molecule has 0 aliphatic carbocycles. The lowest BCUT2D eigenvalue weighted by Gasteiger charge is -2.11. The first kappa shape index (κ1) is 15.3. The van der Waals surface area contributed by atoms with E-state index >= 15 is 0 Å². The number of halogens is 1. The van der Waals surface area contributed by atoms with E-state index in [1.807, 2.05) is 38.1 Å². The lowest BCUT2D eigenvalue weighted by Crippen LogP contribution is -2.24. The number of hydrogen-bond donors (Lipinski definition) is 2. The molecule has 0 aliphatic rings. The molecule has 0 spiro atoms. The van der Waals surface area contributed by atoms with Gasteiger partial charge in [-0.3, -0.25) is 9.78 Å². The van der Waals surface area contributed by atoms with Crippen LogP contribution in [0.1, 0.15) is 28.5 Å². The van der Waals surface area contributed by atoms with E-state index in [-0.39, 0.29) is 5.91 Å². The molecule has 0 radical (unpaired) electrons. The Morgan fingerprint density at radius 1 is 1.33 bits per heavy atom. The highest BCUT2D eigenvalue weighted by Gasteiger charge is 2.11. The number of carbonyl (C=O) groups excluding carboxylic acids is 1. The number of aryl methyl sites for hydroxylation is 1. The third-order valence-corrected chi connectivity index (χ3v) is 3.23. The van der Waals surface area contributed by atoms with E-state index in [9.17, 15) is 4.79 Å². The number of aromatic nitrogens is 1. The second-order valence-electron chi connectivity index (χ2n) is 4.71. The molecule has 0 atom stereocenters. The summed E-state index contributed by atoms with van der Waals surface area (Å²) in [4.78, 5) is 16.5. The number of carbonyl (C=O) groups is 1. The van der Waals surface area contributed by atoms with Crippen molar-refractivity contribution < 1.29 is 4.79 Å². The quantitative estimate of drug-likeness (QED) is 0.890. The average molecular weight is 304 g/mol. The van der Waals surface area contributed by atoms with Crippen LogP contribution in [0.5, 0.6) is 0 Å². The molecule has 0 fully saturated rings. The average Bonchev–Trinajstić information content (AvgIpc) is 2.45. The highest BCUT2D eigenvalue weighted by atomic mass is 35.5. The first-order valence-electron chi connectivity index (χ1n) is 6.83. The Morgan fingerprint density at radius 2 is 2.14 bits per heavy atom. The largest absolute Gasteiger partial charge is 0.385 e. The molecule has 2 aromatic rings. The predicted molar refractivity (Wildman–Crippen MR) is 85.8 cm³/mol. The summed E-state index contributed by atoms with van der Waals surface area (Å²) >= 11 is 5.93. The van der Waals surface area contributed by atoms with E-state index in [0.29, 0.717) is 17.1 Å². The maximum atomic E-state index is 12.3. The molecule has 110 valence electrons. The van der Waals surface area contributed by atoms with Gasteiger partial charge in [0.1, 0.15) is 0 Å². The number of anilines is 1. The molecule has 2 rings (SSSR count). The van der Waals surface area contributed by atoms with E-state index in [1.165, 1.54) is 0 Å². The second kappa shape index (κ2) is 7.09. The molecular formula is C16H18ClN3O. The van der Waals surface area contributed by atoms with Crippen LogP contribution in [-0.4, -0.2) is 17.4 Å². The third-order valence-electron chi connectivity index (χ3n) is 2.99. The summed E-state index contributed by atoms with van der Waals surface area (Å²) in [6.07, 6.45) is 1.60. The second-order valence-corrected chi connectivity index (χ2v) is 5.15. The summed E-state index contributed by atoms with van der Waals surface area (Å²) < 4.78 is 0. The topological polar surface area (TPSA) is 54.0 Å². The highest BCUT2D eigenvalue weighted by Crippen LogP contribution is 2.16. The maximum absolute atomic E-state index is 12.3. The summed E-state index contributed by atoms with van der Waals surface area (Å²) in [6.45, 7) is 5.06. The van der Waals surface area contributed by atoms with Crippen LogP contribution >= 0.6 is 11.6 Å². The molecule has 1 aromatic carbocycles. The Balaban J connectivity index is 2.09. The zero-order valence-electron chi connectivity index (χ0n) is 12.1. The van der Waals surface area contributed by atoms with Crippen LogP contribution in [0.2, 0.25) is 5.02 Å². The number of benzene rings is 1. The zero-order valence-corrected chi connectivity index (χ0v) is 12.9. The summed E-state index contributed by atoms with van der Waals surface area (Å²) in [5.74, 6) is -0.154. The van der Waals surface area contributed by atoms with E-state index in [4.69, 9.17) is 11.6 Å². The summed E-state index contributed by atoms with van der Waals surface area (Å²) in [7, 11) is 0. The highest BCUT2D eigenvalue weighted by molar-refractivity contribution is 6.30. The minimum atomic E-state index is -0.154. The molecule has 5 heteroatoms. The van der Waals surface area contributed by atoms with Gasteiger partial charge in [-0.2, -0.15) is 0 Å². The zero-order chi connectivity index (χ0) is 15.2. The minimum Gasteiger partial charge on any atom is -0.385 e. The molecular weight excluding hydrogens is 286 g/mol. The molecule has 0 saturated carbocycles. The van der Waals surface area contributed by atoms with Gasteiger partial charge in [0.2, 0.25) is 0 Å². The number of amides is 1. The molecule has 21 heavy (non-hydrogen) atoms. The van der Waals surface area contributed by atoms with Crippen molar-refractivity contribution in [3.63, 3.8) is 0 Å². The Hall–Kier alpha value is -2.07. The Labute approximate surface area is 129 Å². The van der Waals surface area contributed by atoms with Gasteiger partial charge in [0.05, 0.1) is 11.3 Å². The minimum absolute atomic E-state index is 0.154. The van der Waals surface area contributed by atoms with Gasteiger partial charge in [-0.25, -0.2) is 0 Å². The Bertz CT molecular complexity index is 643. The fraction of sp³-hybridized carbons (Fsp3) is 0.250. The molecule has 0 aliphatic heterocycles. The third kappa shape index (κ3) is 4.20. The van der Waals surface area contributed by atoms with Gasteiger partial charge in [-0.05, 0) is 37.6 Å². The van der Waals surface area contributed by atoms with Crippen LogP contribution in [0.15, 0.2) is 36.5 Å². The molecule has 1 aromatic heterocycles. The molecule has 1 amide bonds. The van der Waals surface area contributed by atoms with Crippen molar-refractivity contribution in [2.45, 2.75) is 20.4 Å². The van der Waals surface area contributed by atoms with E-state index < -0.39 is 0 Å². The first-order valence-corrected chi connectivity index (χ1v) is 7.21. The van der Waals surface area contributed by atoms with Crippen molar-refractivity contribution in [3.05, 3.63) is 58.4 Å². The van der Waals surface area contributed by atoms with Crippen molar-refractivity contribution >= 4 is 23.2 Å². The summed E-state index contributed by atoms with van der Waals surface area (Å²) in [6, 6.07) is 9.30. The van der Waals surface area contributed by atoms with Gasteiger partial charge in [-0.1, -0.05) is 23.7 Å². The fourth-order valence-corrected chi connectivity index (χ4v) is 2.21. The number of nitrogens with one attached hydrogen (secondary N) is 2. The van der Waals surface area contributed by atoms with Crippen LogP contribution in [0.4, 0.5) is 5.69 Å². The number of rotatable bonds is 5. The van der Waals surface area contributed by atoms with E-state index in [1.54, 1.807) is 12.3 Å². The Morgan fingerprint density at radius 3 is 2.86 bits per heavy atom. The molecule has 2 N–H and O–H groups in total. The van der Waals surface area contributed by atoms with Crippen molar-refractivity contribution in [1.29, 1.82) is 0 Å². The van der Waals surface area contributed by atoms with Crippen LogP contribution < -0.4 is 10.6 Å². The van der Waals surface area contributed by atoms with Gasteiger partial charge >= 0.3 is 0 Å². The Kier molecular flexibility index (Phi) is 5.17. The van der Waals surface area contributed by atoms with Crippen LogP contribution in [-0.2, 0) is 6.54 Å². The number of pyridine rings is 1. The molecule has 1 heterocycles. The normalized spacial score (nSPS) is 10.2. The number of hydrogen-bond acceptors (Lipinski definition) is 3. The predicted octanol–water partition coefficient (Wildman–Crippen LogP) is 3.41. The van der Waals surface area contributed by atoms with E-state index in [0.717, 1.165) is 23.5 Å². The van der Waals surface area contributed by atoms with E-state index in [2.05, 4.69) is 15.6 Å². The van der Waals surface area contributed by atoms with Crippen molar-refractivity contribution in [2.24, 2.45) is 0 Å². The van der Waals surface area contributed by atoms with Crippen LogP contribution in [0, 0.1) is 6.92 Å². The summed E-state index contributed by atoms with van der Waals surface area (Å²) in [5, 5.41) is 6.73. The molecule has 0 bridgehead atoms. The van der Waals surface area contributed by atoms with Gasteiger partial charge < -0.3 is 10.6 Å². The lowest BCUT2D eigenvalue weighted by atomic mass is 10.1. The van der Waals surface area contributed by atoms with Crippen molar-refractivity contribution in [1.82, 2.24) is 10.3 Å². The molecule has 0 saturated heterocycles. The molecule has 0 unspecified atom stereocenters. The fourth-order valence-electron chi connectivity index (χ4n) is 2.00. The van der Waals surface area contributed by atoms with Gasteiger partial charge in [0.15, 0.2) is 0 Å². The van der Waals surface area contributed by atoms with Crippen LogP contribution in [0.25, 0.3) is 0 Å².